The molecule has 3 atom stereocenters. The van der Waals surface area contributed by atoms with E-state index in [1.54, 1.807) is 20.8 Å². The van der Waals surface area contributed by atoms with Crippen molar-refractivity contribution in [2.45, 2.75) is 38.5 Å². The Hall–Kier alpha value is -1.63. The third-order valence-corrected chi connectivity index (χ3v) is 3.35. The number of Topliss-reactive ketones (excluding diaryl/α,β-unsaturated/α-hetero) is 1. The molecule has 0 bridgehead atoms. The fourth-order valence-electron chi connectivity index (χ4n) is 2.52. The Balaban J connectivity index is 2.28. The molecule has 2 fully saturated rings. The van der Waals surface area contributed by atoms with Crippen LogP contribution in [0.15, 0.2) is 0 Å². The van der Waals surface area contributed by atoms with E-state index in [4.69, 9.17) is 9.47 Å². The summed E-state index contributed by atoms with van der Waals surface area (Å²) >= 11 is 0. The van der Waals surface area contributed by atoms with Crippen LogP contribution < -0.4 is 0 Å². The van der Waals surface area contributed by atoms with E-state index >= 15 is 0 Å². The van der Waals surface area contributed by atoms with Crippen molar-refractivity contribution in [3.63, 3.8) is 0 Å². The average Bonchev–Trinajstić information content (AvgIpc) is 2.88. The van der Waals surface area contributed by atoms with E-state index in [1.807, 2.05) is 0 Å². The van der Waals surface area contributed by atoms with Gasteiger partial charge in [0.2, 0.25) is 0 Å². The first-order chi connectivity index (χ1) is 9.26. The number of methoxy groups -OCH3 is 1. The molecule has 0 aromatic heterocycles. The zero-order valence-electron chi connectivity index (χ0n) is 12.0. The van der Waals surface area contributed by atoms with Gasteiger partial charge in [0.1, 0.15) is 5.60 Å². The second-order valence-corrected chi connectivity index (χ2v) is 5.93. The van der Waals surface area contributed by atoms with E-state index in [0.29, 0.717) is 0 Å². The van der Waals surface area contributed by atoms with Gasteiger partial charge in [0, 0.05) is 0 Å². The first kappa shape index (κ1) is 14.8. The van der Waals surface area contributed by atoms with Crippen LogP contribution in [0.3, 0.4) is 0 Å². The van der Waals surface area contributed by atoms with E-state index in [0.717, 1.165) is 4.90 Å². The zero-order chi connectivity index (χ0) is 15.1. The number of ketones is 1. The molecule has 0 radical (unpaired) electrons. The first-order valence-corrected chi connectivity index (χ1v) is 6.47. The second kappa shape index (κ2) is 5.05. The van der Waals surface area contributed by atoms with E-state index < -0.39 is 35.7 Å². The number of carbonyl (C=O) groups is 3. The van der Waals surface area contributed by atoms with Gasteiger partial charge in [-0.15, -0.1) is 0 Å². The van der Waals surface area contributed by atoms with Gasteiger partial charge in [-0.3, -0.25) is 9.69 Å². The molecule has 2 aliphatic heterocycles. The molecule has 0 aromatic carbocycles. The molecule has 2 aliphatic rings. The minimum Gasteiger partial charge on any atom is -0.467 e. The summed E-state index contributed by atoms with van der Waals surface area (Å²) in [5, 5.41) is 0. The predicted molar refractivity (Wildman–Crippen MR) is 67.0 cm³/mol. The zero-order valence-corrected chi connectivity index (χ0v) is 12.0. The summed E-state index contributed by atoms with van der Waals surface area (Å²) in [5.74, 6) is -1.56. The van der Waals surface area contributed by atoms with Gasteiger partial charge in [-0.05, 0) is 20.8 Å². The van der Waals surface area contributed by atoms with Crippen LogP contribution in [0.25, 0.3) is 0 Å². The highest BCUT2D eigenvalue weighted by molar-refractivity contribution is 6.09. The minimum atomic E-state index is -1.23. The van der Waals surface area contributed by atoms with E-state index in [2.05, 4.69) is 4.74 Å². The molecule has 2 heterocycles. The monoisotopic (exact) mass is 285 g/mol. The fraction of sp³-hybridized carbons (Fsp3) is 0.769. The molecule has 2 saturated heterocycles. The van der Waals surface area contributed by atoms with Crippen molar-refractivity contribution in [2.24, 2.45) is 5.92 Å². The average molecular weight is 285 g/mol. The predicted octanol–water partition coefficient (Wildman–Crippen LogP) is 0.363. The summed E-state index contributed by atoms with van der Waals surface area (Å²) in [6, 6.07) is -1.69. The topological polar surface area (TPSA) is 82.1 Å². The maximum absolute atomic E-state index is 12.3. The third-order valence-electron chi connectivity index (χ3n) is 3.35. The molecule has 0 aromatic rings. The van der Waals surface area contributed by atoms with Gasteiger partial charge in [-0.2, -0.15) is 0 Å². The van der Waals surface area contributed by atoms with Crippen molar-refractivity contribution in [3.05, 3.63) is 0 Å². The van der Waals surface area contributed by atoms with Gasteiger partial charge in [0.25, 0.3) is 0 Å². The van der Waals surface area contributed by atoms with Crippen LogP contribution in [0.4, 0.5) is 4.79 Å². The summed E-state index contributed by atoms with van der Waals surface area (Å²) in [7, 11) is 1.19. The standard InChI is InChI=1S/C13H19NO6/c1-13(2,3)20-12(17)14-8-6-19-5-7(8)10(15)9(14)11(16)18-4/h7-9H,5-6H2,1-4H3/t7-,8+,9?/m0/s1. The number of likely N-dealkylation sites (tertiary alicyclic amines) is 1. The Morgan fingerprint density at radius 3 is 2.50 bits per heavy atom. The van der Waals surface area contributed by atoms with Crippen LogP contribution in [0, 0.1) is 5.92 Å². The smallest absolute Gasteiger partial charge is 0.411 e. The van der Waals surface area contributed by atoms with Gasteiger partial charge in [-0.1, -0.05) is 0 Å². The van der Waals surface area contributed by atoms with Crippen molar-refractivity contribution in [3.8, 4) is 0 Å². The van der Waals surface area contributed by atoms with Crippen molar-refractivity contribution in [1.29, 1.82) is 0 Å². The highest BCUT2D eigenvalue weighted by Gasteiger charge is 2.57. The Labute approximate surface area is 117 Å². The lowest BCUT2D eigenvalue weighted by Gasteiger charge is -2.29. The van der Waals surface area contributed by atoms with Crippen LogP contribution in [-0.4, -0.2) is 60.8 Å². The number of fused-ring (bicyclic) bond motifs is 1. The van der Waals surface area contributed by atoms with Gasteiger partial charge in [-0.25, -0.2) is 9.59 Å². The van der Waals surface area contributed by atoms with Crippen LogP contribution in [-0.2, 0) is 23.8 Å². The third kappa shape index (κ3) is 2.49. The van der Waals surface area contributed by atoms with E-state index in [9.17, 15) is 14.4 Å². The normalized spacial score (nSPS) is 29.3. The number of hydrogen-bond acceptors (Lipinski definition) is 6. The van der Waals surface area contributed by atoms with Crippen molar-refractivity contribution in [2.75, 3.05) is 20.3 Å². The summed E-state index contributed by atoms with van der Waals surface area (Å²) in [6.45, 7) is 5.61. The molecular formula is C13H19NO6. The van der Waals surface area contributed by atoms with Crippen LogP contribution in [0.2, 0.25) is 0 Å². The molecule has 1 amide bonds. The number of rotatable bonds is 1. The fourth-order valence-corrected chi connectivity index (χ4v) is 2.52. The molecule has 7 nitrogen and oxygen atoms in total. The van der Waals surface area contributed by atoms with E-state index in [-0.39, 0.29) is 19.0 Å². The maximum Gasteiger partial charge on any atom is 0.411 e. The van der Waals surface area contributed by atoms with Crippen molar-refractivity contribution in [1.82, 2.24) is 4.90 Å². The van der Waals surface area contributed by atoms with Gasteiger partial charge < -0.3 is 14.2 Å². The Morgan fingerprint density at radius 2 is 1.95 bits per heavy atom. The lowest BCUT2D eigenvalue weighted by Crippen LogP contribution is -2.50. The van der Waals surface area contributed by atoms with E-state index in [1.165, 1.54) is 7.11 Å². The first-order valence-electron chi connectivity index (χ1n) is 6.47. The SMILES string of the molecule is COC(=O)C1C(=O)[C@H]2COC[C@H]2N1C(=O)OC(C)(C)C. The summed E-state index contributed by atoms with van der Waals surface area (Å²) in [6.07, 6.45) is -0.695. The summed E-state index contributed by atoms with van der Waals surface area (Å²) < 4.78 is 15.1. The summed E-state index contributed by atoms with van der Waals surface area (Å²) in [4.78, 5) is 37.5. The number of carbonyl (C=O) groups excluding carboxylic acids is 3. The quantitative estimate of drug-likeness (QED) is 0.511. The summed E-state index contributed by atoms with van der Waals surface area (Å²) in [5.41, 5.74) is -0.710. The number of hydrogen-bond donors (Lipinski definition) is 0. The number of amides is 1. The molecule has 0 saturated carbocycles. The van der Waals surface area contributed by atoms with Crippen molar-refractivity contribution >= 4 is 17.8 Å². The van der Waals surface area contributed by atoms with Gasteiger partial charge >= 0.3 is 12.1 Å². The Morgan fingerprint density at radius 1 is 1.30 bits per heavy atom. The molecule has 20 heavy (non-hydrogen) atoms. The number of nitrogens with zero attached hydrogens (tertiary/aromatic N) is 1. The highest BCUT2D eigenvalue weighted by Crippen LogP contribution is 2.33. The van der Waals surface area contributed by atoms with Crippen molar-refractivity contribution < 1.29 is 28.6 Å². The molecular weight excluding hydrogens is 266 g/mol. The Bertz CT molecular complexity index is 441. The lowest BCUT2D eigenvalue weighted by molar-refractivity contribution is -0.149. The number of ether oxygens (including phenoxy) is 3. The van der Waals surface area contributed by atoms with Gasteiger partial charge in [0.15, 0.2) is 11.8 Å². The molecule has 1 unspecified atom stereocenters. The minimum absolute atomic E-state index is 0.219. The highest BCUT2D eigenvalue weighted by atomic mass is 16.6. The maximum atomic E-state index is 12.3. The van der Waals surface area contributed by atoms with Crippen LogP contribution in [0.5, 0.6) is 0 Å². The molecule has 0 N–H and O–H groups in total. The molecule has 2 rings (SSSR count). The second-order valence-electron chi connectivity index (χ2n) is 5.93. The molecule has 112 valence electrons. The molecule has 0 spiro atoms. The van der Waals surface area contributed by atoms with Gasteiger partial charge in [0.05, 0.1) is 32.3 Å². The number of esters is 1. The van der Waals surface area contributed by atoms with Crippen LogP contribution in [0.1, 0.15) is 20.8 Å². The van der Waals surface area contributed by atoms with Crippen LogP contribution >= 0.6 is 0 Å². The molecule has 0 aliphatic carbocycles. The Kier molecular flexibility index (Phi) is 3.73. The largest absolute Gasteiger partial charge is 0.467 e. The lowest BCUT2D eigenvalue weighted by atomic mass is 10.0. The molecule has 7 heteroatoms.